The van der Waals surface area contributed by atoms with Crippen molar-refractivity contribution in [3.8, 4) is 0 Å². The number of nitrogens with zero attached hydrogens (tertiary/aromatic N) is 4. The molecule has 10 nitrogen and oxygen atoms in total. The number of nitrogens with one attached hydrogen (secondary N) is 1. The van der Waals surface area contributed by atoms with E-state index in [2.05, 4.69) is 10.4 Å². The summed E-state index contributed by atoms with van der Waals surface area (Å²) in [5, 5.41) is 29.2. The minimum absolute atomic E-state index is 0.0102. The molecule has 12 heteroatoms. The van der Waals surface area contributed by atoms with Crippen molar-refractivity contribution in [3.63, 3.8) is 0 Å². The molecule has 0 fully saturated rings. The first-order valence-corrected chi connectivity index (χ1v) is 9.18. The third-order valence-corrected chi connectivity index (χ3v) is 4.93. The van der Waals surface area contributed by atoms with E-state index in [1.165, 1.54) is 16.8 Å². The van der Waals surface area contributed by atoms with Gasteiger partial charge in [0.15, 0.2) is 0 Å². The first kappa shape index (κ1) is 21.8. The monoisotopic (exact) mass is 447 g/mol. The number of benzene rings is 2. The third kappa shape index (κ3) is 4.51. The van der Waals surface area contributed by atoms with Crippen LogP contribution < -0.4 is 5.32 Å². The topological polar surface area (TPSA) is 133 Å². The van der Waals surface area contributed by atoms with Gasteiger partial charge in [-0.15, -0.1) is 0 Å². The molecule has 1 heterocycles. The van der Waals surface area contributed by atoms with E-state index in [-0.39, 0.29) is 22.7 Å². The largest absolute Gasteiger partial charge is 0.319 e. The van der Waals surface area contributed by atoms with Crippen LogP contribution in [0.4, 0.5) is 21.5 Å². The van der Waals surface area contributed by atoms with Crippen molar-refractivity contribution in [1.29, 1.82) is 0 Å². The number of nitro groups is 2. The van der Waals surface area contributed by atoms with Crippen LogP contribution in [0, 0.1) is 39.9 Å². The van der Waals surface area contributed by atoms with Crippen LogP contribution in [0.1, 0.15) is 27.3 Å². The number of non-ortho nitro benzene ring substituents is 2. The average molecular weight is 448 g/mol. The first-order chi connectivity index (χ1) is 14.6. The fourth-order valence-corrected chi connectivity index (χ4v) is 3.21. The van der Waals surface area contributed by atoms with Crippen molar-refractivity contribution in [2.75, 3.05) is 5.32 Å². The summed E-state index contributed by atoms with van der Waals surface area (Å²) in [5.74, 6) is -1.30. The minimum atomic E-state index is -0.823. The summed E-state index contributed by atoms with van der Waals surface area (Å²) in [6, 6.07) is 6.94. The van der Waals surface area contributed by atoms with Gasteiger partial charge >= 0.3 is 0 Å². The molecular weight excluding hydrogens is 433 g/mol. The van der Waals surface area contributed by atoms with Gasteiger partial charge < -0.3 is 5.32 Å². The molecule has 0 unspecified atom stereocenters. The van der Waals surface area contributed by atoms with Gasteiger partial charge in [0.05, 0.1) is 45.1 Å². The zero-order valence-electron chi connectivity index (χ0n) is 16.3. The second kappa shape index (κ2) is 8.48. The van der Waals surface area contributed by atoms with E-state index in [9.17, 15) is 29.4 Å². The zero-order valence-corrected chi connectivity index (χ0v) is 17.0. The second-order valence-electron chi connectivity index (χ2n) is 6.61. The summed E-state index contributed by atoms with van der Waals surface area (Å²) in [4.78, 5) is 33.1. The third-order valence-electron chi connectivity index (χ3n) is 4.58. The Bertz CT molecular complexity index is 1170. The molecule has 0 spiro atoms. The molecule has 0 bridgehead atoms. The molecule has 0 aliphatic carbocycles. The normalized spacial score (nSPS) is 10.7. The van der Waals surface area contributed by atoms with Gasteiger partial charge in [-0.3, -0.25) is 29.7 Å². The smallest absolute Gasteiger partial charge is 0.277 e. The van der Waals surface area contributed by atoms with Crippen LogP contribution in [0.3, 0.4) is 0 Å². The van der Waals surface area contributed by atoms with Crippen molar-refractivity contribution < 1.29 is 19.0 Å². The molecule has 1 aromatic heterocycles. The van der Waals surface area contributed by atoms with Crippen LogP contribution in [0.25, 0.3) is 0 Å². The number of hydrogen-bond donors (Lipinski definition) is 1. The summed E-state index contributed by atoms with van der Waals surface area (Å²) < 4.78 is 15.6. The van der Waals surface area contributed by atoms with E-state index in [4.69, 9.17) is 11.6 Å². The average Bonchev–Trinajstić information content (AvgIpc) is 2.97. The Balaban J connectivity index is 1.93. The van der Waals surface area contributed by atoms with E-state index < -0.39 is 32.9 Å². The summed E-state index contributed by atoms with van der Waals surface area (Å²) in [6.45, 7) is 3.26. The van der Waals surface area contributed by atoms with Gasteiger partial charge in [-0.2, -0.15) is 5.10 Å². The van der Waals surface area contributed by atoms with Crippen molar-refractivity contribution in [2.45, 2.75) is 20.4 Å². The molecule has 0 aliphatic heterocycles. The quantitative estimate of drug-likeness (QED) is 0.439. The Labute approximate surface area is 179 Å². The fraction of sp³-hybridized carbons (Fsp3) is 0.158. The lowest BCUT2D eigenvalue weighted by Gasteiger charge is -2.09. The van der Waals surface area contributed by atoms with E-state index in [1.54, 1.807) is 19.9 Å². The number of aryl methyl sites for hydroxylation is 1. The van der Waals surface area contributed by atoms with Crippen LogP contribution in [-0.4, -0.2) is 25.5 Å². The molecule has 0 atom stereocenters. The van der Waals surface area contributed by atoms with Gasteiger partial charge in [0.25, 0.3) is 17.3 Å². The van der Waals surface area contributed by atoms with Crippen molar-refractivity contribution in [3.05, 3.63) is 90.0 Å². The first-order valence-electron chi connectivity index (χ1n) is 8.80. The van der Waals surface area contributed by atoms with Gasteiger partial charge in [0.1, 0.15) is 5.82 Å². The van der Waals surface area contributed by atoms with Crippen LogP contribution in [0.2, 0.25) is 5.02 Å². The maximum Gasteiger partial charge on any atom is 0.277 e. The molecular formula is C19H15ClFN5O5. The number of aromatic nitrogens is 2. The van der Waals surface area contributed by atoms with Gasteiger partial charge in [0.2, 0.25) is 0 Å². The molecule has 0 saturated heterocycles. The molecule has 0 radical (unpaired) electrons. The maximum absolute atomic E-state index is 14.1. The molecule has 0 aliphatic rings. The number of carbonyl (C=O) groups is 1. The maximum atomic E-state index is 14.1. The molecule has 3 rings (SSSR count). The van der Waals surface area contributed by atoms with Crippen molar-refractivity contribution in [2.24, 2.45) is 0 Å². The molecule has 3 aromatic rings. The van der Waals surface area contributed by atoms with E-state index in [0.717, 1.165) is 18.2 Å². The van der Waals surface area contributed by atoms with Crippen molar-refractivity contribution >= 4 is 34.6 Å². The summed E-state index contributed by atoms with van der Waals surface area (Å²) >= 11 is 6.06. The van der Waals surface area contributed by atoms with Crippen LogP contribution >= 0.6 is 11.6 Å². The van der Waals surface area contributed by atoms with Gasteiger partial charge in [0, 0.05) is 22.7 Å². The molecule has 1 N–H and O–H groups in total. The summed E-state index contributed by atoms with van der Waals surface area (Å²) in [7, 11) is 0. The lowest BCUT2D eigenvalue weighted by Crippen LogP contribution is -2.14. The number of carbonyl (C=O) groups excluding carboxylic acids is 1. The Hall–Kier alpha value is -3.86. The van der Waals surface area contributed by atoms with Gasteiger partial charge in [-0.25, -0.2) is 4.39 Å². The van der Waals surface area contributed by atoms with Crippen LogP contribution in [-0.2, 0) is 6.54 Å². The number of hydrogen-bond acceptors (Lipinski definition) is 6. The highest BCUT2D eigenvalue weighted by Crippen LogP contribution is 2.27. The Morgan fingerprint density at radius 1 is 1.16 bits per heavy atom. The molecule has 0 saturated carbocycles. The lowest BCUT2D eigenvalue weighted by molar-refractivity contribution is -0.394. The number of amides is 1. The van der Waals surface area contributed by atoms with Crippen molar-refractivity contribution in [1.82, 2.24) is 9.78 Å². The van der Waals surface area contributed by atoms with Gasteiger partial charge in [-0.05, 0) is 26.0 Å². The van der Waals surface area contributed by atoms with E-state index in [0.29, 0.717) is 17.1 Å². The Morgan fingerprint density at radius 3 is 2.32 bits per heavy atom. The molecule has 1 amide bonds. The van der Waals surface area contributed by atoms with Crippen LogP contribution in [0.5, 0.6) is 0 Å². The predicted molar refractivity (Wildman–Crippen MR) is 110 cm³/mol. The SMILES string of the molecule is Cc1nn(Cc2c(F)cccc2Cl)c(C)c1NC(=O)c1cc([N+](=O)[O-])cc([N+](=O)[O-])c1. The molecule has 2 aromatic carbocycles. The number of halogens is 2. The van der Waals surface area contributed by atoms with Crippen LogP contribution in [0.15, 0.2) is 36.4 Å². The zero-order chi connectivity index (χ0) is 22.9. The number of anilines is 1. The highest BCUT2D eigenvalue weighted by molar-refractivity contribution is 6.31. The van der Waals surface area contributed by atoms with Gasteiger partial charge in [-0.1, -0.05) is 17.7 Å². The highest BCUT2D eigenvalue weighted by atomic mass is 35.5. The Morgan fingerprint density at radius 2 is 1.77 bits per heavy atom. The number of rotatable bonds is 6. The molecule has 31 heavy (non-hydrogen) atoms. The summed E-state index contributed by atoms with van der Waals surface area (Å²) in [6.07, 6.45) is 0. The molecule has 160 valence electrons. The summed E-state index contributed by atoms with van der Waals surface area (Å²) in [5.41, 5.74) is -0.0307. The van der Waals surface area contributed by atoms with E-state index >= 15 is 0 Å². The highest BCUT2D eigenvalue weighted by Gasteiger charge is 2.22. The standard InChI is InChI=1S/C19H15ClFN5O5/c1-10-18(11(2)24(23-10)9-15-16(20)4-3-5-17(15)21)22-19(27)12-6-13(25(28)29)8-14(7-12)26(30)31/h3-8H,9H2,1-2H3,(H,22,27). The Kier molecular flexibility index (Phi) is 5.97. The lowest BCUT2D eigenvalue weighted by atomic mass is 10.1. The second-order valence-corrected chi connectivity index (χ2v) is 7.02. The fourth-order valence-electron chi connectivity index (χ4n) is 2.99. The van der Waals surface area contributed by atoms with E-state index in [1.807, 2.05) is 0 Å². The predicted octanol–water partition coefficient (Wildman–Crippen LogP) is 4.41. The number of nitro benzene ring substituents is 2. The minimum Gasteiger partial charge on any atom is -0.319 e.